The van der Waals surface area contributed by atoms with E-state index in [-0.39, 0.29) is 0 Å². The van der Waals surface area contributed by atoms with Gasteiger partial charge in [-0.1, -0.05) is 38.1 Å². The van der Waals surface area contributed by atoms with Crippen LogP contribution in [-0.2, 0) is 13.1 Å². The molecule has 0 saturated carbocycles. The van der Waals surface area contributed by atoms with Crippen LogP contribution in [0.25, 0.3) is 0 Å². The maximum absolute atomic E-state index is 5.94. The fourth-order valence-corrected chi connectivity index (χ4v) is 2.36. The summed E-state index contributed by atoms with van der Waals surface area (Å²) in [5, 5.41) is 7.00. The summed E-state index contributed by atoms with van der Waals surface area (Å²) in [5.41, 5.74) is 2.55. The number of hydrogen-bond donors (Lipinski definition) is 2. The Morgan fingerprint density at radius 3 is 1.36 bits per heavy atom. The van der Waals surface area contributed by atoms with E-state index in [9.17, 15) is 0 Å². The standard InChI is InChI=1S/C22H32N2O/c1-5-17(3)23-15-19-7-11-21(12-8-19)25-22-13-9-20(10-14-22)16-24-18(4)6-2/h7-14,17-18,23-24H,5-6,15-16H2,1-4H3. The Balaban J connectivity index is 1.85. The molecule has 25 heavy (non-hydrogen) atoms. The molecule has 3 heteroatoms. The Morgan fingerprint density at radius 2 is 1.04 bits per heavy atom. The predicted molar refractivity (Wildman–Crippen MR) is 106 cm³/mol. The molecular formula is C22H32N2O. The van der Waals surface area contributed by atoms with Crippen LogP contribution < -0.4 is 15.4 Å². The summed E-state index contributed by atoms with van der Waals surface area (Å²) in [6, 6.07) is 17.7. The van der Waals surface area contributed by atoms with Gasteiger partial charge in [-0.2, -0.15) is 0 Å². The minimum Gasteiger partial charge on any atom is -0.457 e. The highest BCUT2D eigenvalue weighted by molar-refractivity contribution is 5.34. The molecule has 0 aliphatic carbocycles. The van der Waals surface area contributed by atoms with Crippen molar-refractivity contribution in [2.45, 2.75) is 65.7 Å². The molecule has 0 aliphatic rings. The summed E-state index contributed by atoms with van der Waals surface area (Å²) in [5.74, 6) is 1.75. The third-order valence-electron chi connectivity index (χ3n) is 4.62. The molecule has 2 aromatic rings. The van der Waals surface area contributed by atoms with E-state index in [1.807, 2.05) is 24.3 Å². The lowest BCUT2D eigenvalue weighted by Gasteiger charge is -2.12. The second-order valence-corrected chi connectivity index (χ2v) is 6.77. The van der Waals surface area contributed by atoms with Crippen LogP contribution in [0.5, 0.6) is 11.5 Å². The molecule has 0 saturated heterocycles. The Labute approximate surface area is 152 Å². The van der Waals surface area contributed by atoms with Crippen molar-refractivity contribution in [3.63, 3.8) is 0 Å². The van der Waals surface area contributed by atoms with Gasteiger partial charge >= 0.3 is 0 Å². The van der Waals surface area contributed by atoms with Gasteiger partial charge in [-0.05, 0) is 62.1 Å². The van der Waals surface area contributed by atoms with Gasteiger partial charge in [0.15, 0.2) is 0 Å². The quantitative estimate of drug-likeness (QED) is 0.619. The van der Waals surface area contributed by atoms with Crippen LogP contribution in [0.4, 0.5) is 0 Å². The van der Waals surface area contributed by atoms with Crippen LogP contribution in [0.3, 0.4) is 0 Å². The molecule has 0 fully saturated rings. The van der Waals surface area contributed by atoms with Gasteiger partial charge in [-0.15, -0.1) is 0 Å². The molecule has 0 aromatic heterocycles. The predicted octanol–water partition coefficient (Wildman–Crippen LogP) is 5.26. The van der Waals surface area contributed by atoms with E-state index in [4.69, 9.17) is 4.74 Å². The van der Waals surface area contributed by atoms with E-state index in [2.05, 4.69) is 62.6 Å². The second kappa shape index (κ2) is 10.2. The number of benzene rings is 2. The number of nitrogens with one attached hydrogen (secondary N) is 2. The summed E-state index contributed by atoms with van der Waals surface area (Å²) < 4.78 is 5.94. The monoisotopic (exact) mass is 340 g/mol. The molecular weight excluding hydrogens is 308 g/mol. The topological polar surface area (TPSA) is 33.3 Å². The third-order valence-corrected chi connectivity index (χ3v) is 4.62. The van der Waals surface area contributed by atoms with Crippen LogP contribution in [0.15, 0.2) is 48.5 Å². The summed E-state index contributed by atoms with van der Waals surface area (Å²) in [6.45, 7) is 10.6. The molecule has 0 radical (unpaired) electrons. The molecule has 2 rings (SSSR count). The van der Waals surface area contributed by atoms with Gasteiger partial charge in [0.25, 0.3) is 0 Å². The van der Waals surface area contributed by atoms with Crippen molar-refractivity contribution in [2.24, 2.45) is 0 Å². The molecule has 0 aliphatic heterocycles. The molecule has 0 spiro atoms. The highest BCUT2D eigenvalue weighted by atomic mass is 16.5. The maximum Gasteiger partial charge on any atom is 0.127 e. The SMILES string of the molecule is CCC(C)NCc1ccc(Oc2ccc(CNC(C)CC)cc2)cc1. The first-order chi connectivity index (χ1) is 12.1. The van der Waals surface area contributed by atoms with Gasteiger partial charge in [-0.3, -0.25) is 0 Å². The van der Waals surface area contributed by atoms with Gasteiger partial charge in [0.2, 0.25) is 0 Å². The van der Waals surface area contributed by atoms with Crippen molar-refractivity contribution in [3.05, 3.63) is 59.7 Å². The Morgan fingerprint density at radius 1 is 0.680 bits per heavy atom. The molecule has 2 atom stereocenters. The van der Waals surface area contributed by atoms with Gasteiger partial charge in [-0.25, -0.2) is 0 Å². The normalized spacial score (nSPS) is 13.4. The smallest absolute Gasteiger partial charge is 0.127 e. The van der Waals surface area contributed by atoms with E-state index >= 15 is 0 Å². The van der Waals surface area contributed by atoms with Crippen molar-refractivity contribution >= 4 is 0 Å². The Bertz CT molecular complexity index is 551. The molecule has 136 valence electrons. The van der Waals surface area contributed by atoms with Crippen molar-refractivity contribution in [1.82, 2.24) is 10.6 Å². The van der Waals surface area contributed by atoms with Gasteiger partial charge in [0.05, 0.1) is 0 Å². The Hall–Kier alpha value is -1.84. The number of rotatable bonds is 10. The van der Waals surface area contributed by atoms with Crippen molar-refractivity contribution in [2.75, 3.05) is 0 Å². The van der Waals surface area contributed by atoms with E-state index in [1.165, 1.54) is 11.1 Å². The van der Waals surface area contributed by atoms with E-state index < -0.39 is 0 Å². The zero-order valence-corrected chi connectivity index (χ0v) is 16.0. The zero-order valence-electron chi connectivity index (χ0n) is 16.0. The van der Waals surface area contributed by atoms with Crippen LogP contribution in [0, 0.1) is 0 Å². The number of hydrogen-bond acceptors (Lipinski definition) is 3. The van der Waals surface area contributed by atoms with E-state index in [0.717, 1.165) is 37.4 Å². The largest absolute Gasteiger partial charge is 0.457 e. The fourth-order valence-electron chi connectivity index (χ4n) is 2.36. The van der Waals surface area contributed by atoms with E-state index in [0.29, 0.717) is 12.1 Å². The molecule has 2 unspecified atom stereocenters. The fraction of sp³-hybridized carbons (Fsp3) is 0.455. The van der Waals surface area contributed by atoms with Crippen molar-refractivity contribution in [1.29, 1.82) is 0 Å². The minimum atomic E-state index is 0.546. The van der Waals surface area contributed by atoms with Gasteiger partial charge in [0.1, 0.15) is 11.5 Å². The molecule has 2 aromatic carbocycles. The average molecular weight is 341 g/mol. The van der Waals surface area contributed by atoms with Crippen molar-refractivity contribution in [3.8, 4) is 11.5 Å². The lowest BCUT2D eigenvalue weighted by Crippen LogP contribution is -2.24. The summed E-state index contributed by atoms with van der Waals surface area (Å²) >= 11 is 0. The van der Waals surface area contributed by atoms with Gasteiger partial charge < -0.3 is 15.4 Å². The first-order valence-corrected chi connectivity index (χ1v) is 9.43. The van der Waals surface area contributed by atoms with Crippen LogP contribution >= 0.6 is 0 Å². The molecule has 2 N–H and O–H groups in total. The Kier molecular flexibility index (Phi) is 7.96. The second-order valence-electron chi connectivity index (χ2n) is 6.77. The third kappa shape index (κ3) is 6.89. The zero-order chi connectivity index (χ0) is 18.1. The van der Waals surface area contributed by atoms with Crippen molar-refractivity contribution < 1.29 is 4.74 Å². The summed E-state index contributed by atoms with van der Waals surface area (Å²) in [4.78, 5) is 0. The van der Waals surface area contributed by atoms with Crippen LogP contribution in [-0.4, -0.2) is 12.1 Å². The molecule has 0 bridgehead atoms. The first kappa shape index (κ1) is 19.5. The van der Waals surface area contributed by atoms with Crippen LogP contribution in [0.1, 0.15) is 51.7 Å². The molecule has 3 nitrogen and oxygen atoms in total. The average Bonchev–Trinajstić information content (AvgIpc) is 2.66. The number of ether oxygens (including phenoxy) is 1. The molecule has 0 heterocycles. The first-order valence-electron chi connectivity index (χ1n) is 9.43. The maximum atomic E-state index is 5.94. The lowest BCUT2D eigenvalue weighted by atomic mass is 10.2. The van der Waals surface area contributed by atoms with Gasteiger partial charge in [0, 0.05) is 25.2 Å². The highest BCUT2D eigenvalue weighted by Crippen LogP contribution is 2.22. The molecule has 0 amide bonds. The van der Waals surface area contributed by atoms with E-state index in [1.54, 1.807) is 0 Å². The summed E-state index contributed by atoms with van der Waals surface area (Å²) in [6.07, 6.45) is 2.29. The van der Waals surface area contributed by atoms with Crippen LogP contribution in [0.2, 0.25) is 0 Å². The lowest BCUT2D eigenvalue weighted by molar-refractivity contribution is 0.481. The minimum absolute atomic E-state index is 0.546. The highest BCUT2D eigenvalue weighted by Gasteiger charge is 2.02. The summed E-state index contributed by atoms with van der Waals surface area (Å²) in [7, 11) is 0.